The van der Waals surface area contributed by atoms with Crippen molar-refractivity contribution < 1.29 is 17.6 Å². The van der Waals surface area contributed by atoms with Gasteiger partial charge in [0.1, 0.15) is 5.82 Å². The molecule has 1 N–H and O–H groups in total. The molecule has 0 saturated heterocycles. The first-order valence-electron chi connectivity index (χ1n) is 6.83. The van der Waals surface area contributed by atoms with Gasteiger partial charge in [0, 0.05) is 5.56 Å². The van der Waals surface area contributed by atoms with Crippen LogP contribution < -0.4 is 5.43 Å². The molecule has 1 aromatic heterocycles. The van der Waals surface area contributed by atoms with Crippen LogP contribution in [0, 0.1) is 5.82 Å². The quantitative estimate of drug-likeness (QED) is 0.443. The first kappa shape index (κ1) is 15.9. The summed E-state index contributed by atoms with van der Waals surface area (Å²) in [6.45, 7) is 0. The summed E-state index contributed by atoms with van der Waals surface area (Å²) < 4.78 is 52.9. The number of aromatic nitrogens is 2. The number of para-hydroxylation sites is 2. The lowest BCUT2D eigenvalue weighted by Crippen LogP contribution is -2.13. The van der Waals surface area contributed by atoms with Crippen LogP contribution >= 0.6 is 0 Å². The third-order valence-corrected chi connectivity index (χ3v) is 3.12. The molecule has 0 fully saturated rings. The molecule has 3 rings (SSSR count). The Balaban J connectivity index is 1.97. The lowest BCUT2D eigenvalue weighted by molar-refractivity contribution is -0.140. The van der Waals surface area contributed by atoms with Crippen LogP contribution in [0.25, 0.3) is 11.0 Å². The molecule has 0 atom stereocenters. The van der Waals surface area contributed by atoms with E-state index in [9.17, 15) is 17.6 Å². The van der Waals surface area contributed by atoms with Gasteiger partial charge in [-0.15, -0.1) is 0 Å². The van der Waals surface area contributed by atoms with Crippen molar-refractivity contribution in [1.29, 1.82) is 0 Å². The molecule has 8 heteroatoms. The first-order chi connectivity index (χ1) is 11.4. The van der Waals surface area contributed by atoms with Crippen molar-refractivity contribution in [2.24, 2.45) is 5.10 Å². The van der Waals surface area contributed by atoms with Gasteiger partial charge in [-0.2, -0.15) is 18.3 Å². The molecule has 0 aliphatic heterocycles. The van der Waals surface area contributed by atoms with Crippen LogP contribution in [0.5, 0.6) is 0 Å². The van der Waals surface area contributed by atoms with Crippen molar-refractivity contribution >= 4 is 23.1 Å². The SMILES string of the molecule is Fc1ccccc1/C=N\Nc1nc2ccccc2nc1C(F)(F)F. The number of halogens is 4. The topological polar surface area (TPSA) is 50.2 Å². The molecule has 0 spiro atoms. The molecule has 0 bridgehead atoms. The molecular weight excluding hydrogens is 324 g/mol. The van der Waals surface area contributed by atoms with Crippen molar-refractivity contribution in [2.45, 2.75) is 6.18 Å². The van der Waals surface area contributed by atoms with E-state index in [0.29, 0.717) is 0 Å². The average molecular weight is 334 g/mol. The number of hydrogen-bond acceptors (Lipinski definition) is 4. The summed E-state index contributed by atoms with van der Waals surface area (Å²) in [6.07, 6.45) is -3.63. The average Bonchev–Trinajstić information content (AvgIpc) is 2.55. The maximum absolute atomic E-state index is 13.5. The smallest absolute Gasteiger partial charge is 0.260 e. The molecule has 0 saturated carbocycles. The zero-order chi connectivity index (χ0) is 17.2. The molecule has 0 aliphatic carbocycles. The monoisotopic (exact) mass is 334 g/mol. The van der Waals surface area contributed by atoms with E-state index >= 15 is 0 Å². The first-order valence-corrected chi connectivity index (χ1v) is 6.83. The van der Waals surface area contributed by atoms with Crippen LogP contribution in [-0.4, -0.2) is 16.2 Å². The molecule has 3 aromatic rings. The van der Waals surface area contributed by atoms with Crippen LogP contribution in [0.4, 0.5) is 23.4 Å². The molecule has 0 unspecified atom stereocenters. The minimum Gasteiger partial charge on any atom is -0.260 e. The third kappa shape index (κ3) is 3.32. The maximum Gasteiger partial charge on any atom is 0.437 e. The fraction of sp³-hybridized carbons (Fsp3) is 0.0625. The van der Waals surface area contributed by atoms with Crippen LogP contribution in [-0.2, 0) is 6.18 Å². The second-order valence-corrected chi connectivity index (χ2v) is 4.80. The highest BCUT2D eigenvalue weighted by molar-refractivity contribution is 5.81. The van der Waals surface area contributed by atoms with E-state index in [2.05, 4.69) is 20.5 Å². The Hall–Kier alpha value is -3.03. The molecular formula is C16H10F4N4. The predicted molar refractivity (Wildman–Crippen MR) is 82.2 cm³/mol. The minimum atomic E-state index is -4.70. The molecule has 0 radical (unpaired) electrons. The Morgan fingerprint density at radius 2 is 1.54 bits per heavy atom. The van der Waals surface area contributed by atoms with E-state index in [1.165, 1.54) is 30.3 Å². The number of benzene rings is 2. The van der Waals surface area contributed by atoms with E-state index in [1.807, 2.05) is 0 Å². The number of anilines is 1. The van der Waals surface area contributed by atoms with Crippen LogP contribution in [0.3, 0.4) is 0 Å². The standard InChI is InChI=1S/C16H10F4N4/c17-11-6-2-1-5-10(11)9-21-24-15-14(16(18,19)20)22-12-7-3-4-8-13(12)23-15/h1-9H,(H,23,24)/b21-9-. The molecule has 0 amide bonds. The van der Waals surface area contributed by atoms with E-state index in [0.717, 1.165) is 6.21 Å². The number of hydrazone groups is 1. The summed E-state index contributed by atoms with van der Waals surface area (Å²) in [5.41, 5.74) is 1.55. The van der Waals surface area contributed by atoms with E-state index in [-0.39, 0.29) is 16.6 Å². The maximum atomic E-state index is 13.5. The van der Waals surface area contributed by atoms with E-state index in [4.69, 9.17) is 0 Å². The molecule has 0 aliphatic rings. The Kier molecular flexibility index (Phi) is 4.11. The molecule has 2 aromatic carbocycles. The van der Waals surface area contributed by atoms with Gasteiger partial charge in [0.25, 0.3) is 0 Å². The lowest BCUT2D eigenvalue weighted by atomic mass is 10.2. The van der Waals surface area contributed by atoms with Crippen LogP contribution in [0.1, 0.15) is 11.3 Å². The summed E-state index contributed by atoms with van der Waals surface area (Å²) in [5, 5.41) is 3.64. The number of hydrogen-bond donors (Lipinski definition) is 1. The van der Waals surface area contributed by atoms with Gasteiger partial charge in [0.2, 0.25) is 0 Å². The number of nitrogens with one attached hydrogen (secondary N) is 1. The molecule has 4 nitrogen and oxygen atoms in total. The number of fused-ring (bicyclic) bond motifs is 1. The van der Waals surface area contributed by atoms with Crippen molar-refractivity contribution in [1.82, 2.24) is 9.97 Å². The van der Waals surface area contributed by atoms with Crippen molar-refractivity contribution in [3.8, 4) is 0 Å². The summed E-state index contributed by atoms with van der Waals surface area (Å²) in [7, 11) is 0. The fourth-order valence-corrected chi connectivity index (χ4v) is 2.02. The number of alkyl halides is 3. The summed E-state index contributed by atoms with van der Waals surface area (Å²) in [6, 6.07) is 11.9. The third-order valence-electron chi connectivity index (χ3n) is 3.12. The highest BCUT2D eigenvalue weighted by Gasteiger charge is 2.37. The summed E-state index contributed by atoms with van der Waals surface area (Å²) >= 11 is 0. The van der Waals surface area contributed by atoms with Crippen LogP contribution in [0.15, 0.2) is 53.6 Å². The van der Waals surface area contributed by atoms with E-state index < -0.39 is 23.5 Å². The minimum absolute atomic E-state index is 0.119. The largest absolute Gasteiger partial charge is 0.437 e. The molecule has 1 heterocycles. The van der Waals surface area contributed by atoms with E-state index in [1.54, 1.807) is 18.2 Å². The number of rotatable bonds is 3. The zero-order valence-electron chi connectivity index (χ0n) is 12.0. The van der Waals surface area contributed by atoms with Gasteiger partial charge in [-0.05, 0) is 18.2 Å². The van der Waals surface area contributed by atoms with Crippen molar-refractivity contribution in [3.63, 3.8) is 0 Å². The Bertz CT molecular complexity index is 906. The zero-order valence-corrected chi connectivity index (χ0v) is 12.0. The Labute approximate surface area is 133 Å². The van der Waals surface area contributed by atoms with Gasteiger partial charge in [0.05, 0.1) is 17.2 Å². The molecule has 122 valence electrons. The van der Waals surface area contributed by atoms with Gasteiger partial charge >= 0.3 is 6.18 Å². The highest BCUT2D eigenvalue weighted by Crippen LogP contribution is 2.33. The van der Waals surface area contributed by atoms with Gasteiger partial charge in [-0.25, -0.2) is 14.4 Å². The van der Waals surface area contributed by atoms with Gasteiger partial charge in [-0.3, -0.25) is 5.43 Å². The Morgan fingerprint density at radius 1 is 0.917 bits per heavy atom. The van der Waals surface area contributed by atoms with Crippen LogP contribution in [0.2, 0.25) is 0 Å². The van der Waals surface area contributed by atoms with Gasteiger partial charge in [-0.1, -0.05) is 30.3 Å². The van der Waals surface area contributed by atoms with Crippen molar-refractivity contribution in [2.75, 3.05) is 5.43 Å². The van der Waals surface area contributed by atoms with Crippen molar-refractivity contribution in [3.05, 3.63) is 65.6 Å². The predicted octanol–water partition coefficient (Wildman–Crippen LogP) is 4.23. The highest BCUT2D eigenvalue weighted by atomic mass is 19.4. The second kappa shape index (κ2) is 6.23. The number of nitrogens with zero attached hydrogens (tertiary/aromatic N) is 3. The van der Waals surface area contributed by atoms with Gasteiger partial charge in [0.15, 0.2) is 11.5 Å². The normalized spacial score (nSPS) is 12.0. The molecule has 24 heavy (non-hydrogen) atoms. The lowest BCUT2D eigenvalue weighted by Gasteiger charge is -2.11. The van der Waals surface area contributed by atoms with Gasteiger partial charge < -0.3 is 0 Å². The second-order valence-electron chi connectivity index (χ2n) is 4.80. The Morgan fingerprint density at radius 3 is 2.21 bits per heavy atom. The summed E-state index contributed by atoms with van der Waals surface area (Å²) in [5.74, 6) is -1.09. The summed E-state index contributed by atoms with van der Waals surface area (Å²) in [4.78, 5) is 7.49. The fourth-order valence-electron chi connectivity index (χ4n) is 2.02.